The van der Waals surface area contributed by atoms with Crippen molar-refractivity contribution in [3.8, 4) is 5.75 Å². The number of methoxy groups -OCH3 is 1. The van der Waals surface area contributed by atoms with E-state index >= 15 is 0 Å². The molecule has 1 fully saturated rings. The fourth-order valence-corrected chi connectivity index (χ4v) is 4.15. The molecule has 0 saturated carbocycles. The number of likely N-dealkylation sites (tertiary alicyclic amines) is 1. The van der Waals surface area contributed by atoms with Crippen molar-refractivity contribution in [3.05, 3.63) is 59.9 Å². The molecule has 1 aromatic heterocycles. The first-order valence-electron chi connectivity index (χ1n) is 10.6. The highest BCUT2D eigenvalue weighted by atomic mass is 16.5. The molecule has 0 N–H and O–H groups in total. The second kappa shape index (κ2) is 11.0. The lowest BCUT2D eigenvalue weighted by molar-refractivity contribution is -0.130. The second-order valence-corrected chi connectivity index (χ2v) is 7.97. The van der Waals surface area contributed by atoms with Crippen LogP contribution < -0.4 is 4.74 Å². The van der Waals surface area contributed by atoms with E-state index in [-0.39, 0.29) is 5.91 Å². The number of piperidine rings is 1. The third-order valence-corrected chi connectivity index (χ3v) is 5.77. The van der Waals surface area contributed by atoms with Gasteiger partial charge in [0.05, 0.1) is 7.11 Å². The summed E-state index contributed by atoms with van der Waals surface area (Å²) in [7, 11) is 3.67. The van der Waals surface area contributed by atoms with Gasteiger partial charge in [-0.25, -0.2) is 0 Å². The van der Waals surface area contributed by atoms with Crippen LogP contribution in [-0.2, 0) is 17.6 Å². The molecule has 1 saturated heterocycles. The standard InChI is InChI=1S/C24H33N3O2/c1-26(24(28)13-12-22-10-5-6-15-25-22)18-20-8-7-16-27(19-20)17-14-21-9-3-4-11-23(21)29-2/h3-6,9-11,15,20H,7-8,12-14,16-19H2,1-2H3/t20-/m0/s1. The van der Waals surface area contributed by atoms with Gasteiger partial charge in [0.25, 0.3) is 0 Å². The van der Waals surface area contributed by atoms with Gasteiger partial charge in [-0.3, -0.25) is 9.78 Å². The summed E-state index contributed by atoms with van der Waals surface area (Å²) in [6.07, 6.45) is 6.41. The van der Waals surface area contributed by atoms with Crippen LogP contribution in [0.1, 0.15) is 30.5 Å². The van der Waals surface area contributed by atoms with Gasteiger partial charge in [0, 0.05) is 45.0 Å². The van der Waals surface area contributed by atoms with Crippen LogP contribution in [0.15, 0.2) is 48.7 Å². The van der Waals surface area contributed by atoms with Gasteiger partial charge in [-0.2, -0.15) is 0 Å². The van der Waals surface area contributed by atoms with Gasteiger partial charge in [-0.15, -0.1) is 0 Å². The topological polar surface area (TPSA) is 45.7 Å². The summed E-state index contributed by atoms with van der Waals surface area (Å²) in [6.45, 7) is 4.08. The van der Waals surface area contributed by atoms with Crippen molar-refractivity contribution < 1.29 is 9.53 Å². The van der Waals surface area contributed by atoms with E-state index in [4.69, 9.17) is 4.74 Å². The summed E-state index contributed by atoms with van der Waals surface area (Å²) in [4.78, 5) is 21.3. The fourth-order valence-electron chi connectivity index (χ4n) is 4.15. The average Bonchev–Trinajstić information content (AvgIpc) is 2.77. The van der Waals surface area contributed by atoms with E-state index in [1.165, 1.54) is 18.4 Å². The SMILES string of the molecule is COc1ccccc1CCN1CCC[C@@H](CN(C)C(=O)CCc2ccccn2)C1. The van der Waals surface area contributed by atoms with Crippen LogP contribution in [0.3, 0.4) is 0 Å². The number of pyridine rings is 1. The molecule has 1 amide bonds. The zero-order valence-electron chi connectivity index (χ0n) is 17.7. The van der Waals surface area contributed by atoms with E-state index in [0.29, 0.717) is 18.8 Å². The van der Waals surface area contributed by atoms with Crippen LogP contribution in [0.5, 0.6) is 5.75 Å². The zero-order valence-corrected chi connectivity index (χ0v) is 17.7. The van der Waals surface area contributed by atoms with E-state index < -0.39 is 0 Å². The molecule has 5 heteroatoms. The minimum atomic E-state index is 0.210. The van der Waals surface area contributed by atoms with Crippen molar-refractivity contribution in [2.75, 3.05) is 40.3 Å². The molecule has 1 aliphatic heterocycles. The number of para-hydroxylation sites is 1. The molecule has 156 valence electrons. The number of carbonyl (C=O) groups excluding carboxylic acids is 1. The number of rotatable bonds is 9. The third kappa shape index (κ3) is 6.57. The molecule has 0 bridgehead atoms. The molecule has 0 radical (unpaired) electrons. The van der Waals surface area contributed by atoms with Crippen molar-refractivity contribution >= 4 is 5.91 Å². The lowest BCUT2D eigenvalue weighted by atomic mass is 9.96. The number of ether oxygens (including phenoxy) is 1. The number of aromatic nitrogens is 1. The number of hydrogen-bond donors (Lipinski definition) is 0. The Hall–Kier alpha value is -2.40. The number of benzene rings is 1. The van der Waals surface area contributed by atoms with Gasteiger partial charge in [0.1, 0.15) is 5.75 Å². The Morgan fingerprint density at radius 3 is 2.83 bits per heavy atom. The van der Waals surface area contributed by atoms with Gasteiger partial charge in [0.15, 0.2) is 0 Å². The highest BCUT2D eigenvalue weighted by molar-refractivity contribution is 5.76. The molecule has 1 aliphatic rings. The highest BCUT2D eigenvalue weighted by Crippen LogP contribution is 2.21. The van der Waals surface area contributed by atoms with Crippen LogP contribution >= 0.6 is 0 Å². The Labute approximate surface area is 174 Å². The molecule has 2 aromatic rings. The largest absolute Gasteiger partial charge is 0.496 e. The summed E-state index contributed by atoms with van der Waals surface area (Å²) in [5.74, 6) is 1.73. The first-order chi connectivity index (χ1) is 14.2. The van der Waals surface area contributed by atoms with Crippen LogP contribution in [-0.4, -0.2) is 61.0 Å². The normalized spacial score (nSPS) is 17.1. The summed E-state index contributed by atoms with van der Waals surface area (Å²) in [6, 6.07) is 14.1. The summed E-state index contributed by atoms with van der Waals surface area (Å²) < 4.78 is 5.47. The van der Waals surface area contributed by atoms with Crippen molar-refractivity contribution in [1.29, 1.82) is 0 Å². The van der Waals surface area contributed by atoms with E-state index in [0.717, 1.165) is 44.0 Å². The number of nitrogens with zero attached hydrogens (tertiary/aromatic N) is 3. The van der Waals surface area contributed by atoms with E-state index in [2.05, 4.69) is 22.0 Å². The number of carbonyl (C=O) groups is 1. The van der Waals surface area contributed by atoms with Gasteiger partial charge in [-0.1, -0.05) is 24.3 Å². The molecular weight excluding hydrogens is 362 g/mol. The maximum Gasteiger partial charge on any atom is 0.222 e. The number of aryl methyl sites for hydroxylation is 1. The minimum Gasteiger partial charge on any atom is -0.496 e. The van der Waals surface area contributed by atoms with Crippen LogP contribution in [0.4, 0.5) is 0 Å². The zero-order chi connectivity index (χ0) is 20.5. The minimum absolute atomic E-state index is 0.210. The molecule has 29 heavy (non-hydrogen) atoms. The Bertz CT molecular complexity index is 766. The average molecular weight is 396 g/mol. The van der Waals surface area contributed by atoms with Crippen molar-refractivity contribution in [2.45, 2.75) is 32.1 Å². The van der Waals surface area contributed by atoms with E-state index in [1.807, 2.05) is 42.3 Å². The molecular formula is C24H33N3O2. The monoisotopic (exact) mass is 395 g/mol. The molecule has 2 heterocycles. The molecule has 3 rings (SSSR count). The summed E-state index contributed by atoms with van der Waals surface area (Å²) >= 11 is 0. The van der Waals surface area contributed by atoms with Crippen LogP contribution in [0.2, 0.25) is 0 Å². The number of hydrogen-bond acceptors (Lipinski definition) is 4. The summed E-state index contributed by atoms with van der Waals surface area (Å²) in [5.41, 5.74) is 2.24. The van der Waals surface area contributed by atoms with E-state index in [9.17, 15) is 4.79 Å². The first kappa shape index (κ1) is 21.3. The number of amides is 1. The highest BCUT2D eigenvalue weighted by Gasteiger charge is 2.22. The third-order valence-electron chi connectivity index (χ3n) is 5.77. The van der Waals surface area contributed by atoms with E-state index in [1.54, 1.807) is 13.3 Å². The predicted molar refractivity (Wildman–Crippen MR) is 116 cm³/mol. The lowest BCUT2D eigenvalue weighted by Crippen LogP contribution is -2.42. The smallest absolute Gasteiger partial charge is 0.222 e. The molecule has 0 spiro atoms. The predicted octanol–water partition coefficient (Wildman–Crippen LogP) is 3.44. The van der Waals surface area contributed by atoms with Gasteiger partial charge < -0.3 is 14.5 Å². The Morgan fingerprint density at radius 2 is 2.03 bits per heavy atom. The molecule has 1 atom stereocenters. The van der Waals surface area contributed by atoms with Crippen LogP contribution in [0.25, 0.3) is 0 Å². The van der Waals surface area contributed by atoms with Crippen molar-refractivity contribution in [3.63, 3.8) is 0 Å². The Kier molecular flexibility index (Phi) is 8.05. The molecule has 0 unspecified atom stereocenters. The Balaban J connectivity index is 1.43. The van der Waals surface area contributed by atoms with Crippen LogP contribution in [0, 0.1) is 5.92 Å². The fraction of sp³-hybridized carbons (Fsp3) is 0.500. The van der Waals surface area contributed by atoms with Gasteiger partial charge in [0.2, 0.25) is 5.91 Å². The second-order valence-electron chi connectivity index (χ2n) is 7.97. The Morgan fingerprint density at radius 1 is 1.21 bits per heavy atom. The molecule has 0 aliphatic carbocycles. The molecule has 5 nitrogen and oxygen atoms in total. The summed E-state index contributed by atoms with van der Waals surface area (Å²) in [5, 5.41) is 0. The maximum absolute atomic E-state index is 12.5. The van der Waals surface area contributed by atoms with Crippen molar-refractivity contribution in [1.82, 2.24) is 14.8 Å². The van der Waals surface area contributed by atoms with Crippen molar-refractivity contribution in [2.24, 2.45) is 5.92 Å². The van der Waals surface area contributed by atoms with Gasteiger partial charge in [-0.05, 0) is 61.9 Å². The maximum atomic E-state index is 12.5. The molecule has 1 aromatic carbocycles. The first-order valence-corrected chi connectivity index (χ1v) is 10.6. The lowest BCUT2D eigenvalue weighted by Gasteiger charge is -2.35. The quantitative estimate of drug-likeness (QED) is 0.653. The van der Waals surface area contributed by atoms with Gasteiger partial charge >= 0.3 is 0 Å².